The van der Waals surface area contributed by atoms with Gasteiger partial charge >= 0.3 is 0 Å². The van der Waals surface area contributed by atoms with Crippen LogP contribution in [-0.4, -0.2) is 30.1 Å². The molecule has 1 fully saturated rings. The Labute approximate surface area is 141 Å². The first-order valence-corrected chi connectivity index (χ1v) is 9.21. The third-order valence-electron chi connectivity index (χ3n) is 4.04. The van der Waals surface area contributed by atoms with E-state index in [1.54, 1.807) is 45.2 Å². The number of nitrogens with zero attached hydrogens (tertiary/aromatic N) is 2. The highest BCUT2D eigenvalue weighted by atomic mass is 32.2. The minimum absolute atomic E-state index is 0.141. The summed E-state index contributed by atoms with van der Waals surface area (Å²) in [4.78, 5) is 12.5. The summed E-state index contributed by atoms with van der Waals surface area (Å²) in [5, 5.41) is 7.01. The van der Waals surface area contributed by atoms with Crippen LogP contribution in [0.25, 0.3) is 0 Å². The number of carbonyl (C=O) groups excluding carboxylic acids is 1. The molecule has 0 saturated heterocycles. The van der Waals surface area contributed by atoms with Gasteiger partial charge in [-0.2, -0.15) is 5.10 Å². The number of aryl methyl sites for hydroxylation is 2. The average Bonchev–Trinajstić information content (AvgIpc) is 3.26. The normalized spacial score (nSPS) is 14.5. The molecule has 1 heterocycles. The van der Waals surface area contributed by atoms with Crippen molar-refractivity contribution in [1.29, 1.82) is 0 Å². The summed E-state index contributed by atoms with van der Waals surface area (Å²) in [6.45, 7) is 3.34. The van der Waals surface area contributed by atoms with Gasteiger partial charge in [0, 0.05) is 13.1 Å². The van der Waals surface area contributed by atoms with E-state index in [1.165, 1.54) is 4.68 Å². The minimum atomic E-state index is -3.84. The topological polar surface area (TPSA) is 93.1 Å². The SMILES string of the molecule is Cc1nn(C)c(C)c1S(=O)(=O)Nc1ccccc1C(=O)NC1CC1. The lowest BCUT2D eigenvalue weighted by Gasteiger charge is -2.13. The molecule has 1 aromatic carbocycles. The van der Waals surface area contributed by atoms with Gasteiger partial charge in [-0.05, 0) is 38.8 Å². The number of benzene rings is 1. The number of carbonyl (C=O) groups is 1. The van der Waals surface area contributed by atoms with E-state index in [2.05, 4.69) is 15.1 Å². The molecule has 7 nitrogen and oxygen atoms in total. The van der Waals surface area contributed by atoms with Crippen molar-refractivity contribution in [2.45, 2.75) is 37.6 Å². The number of anilines is 1. The van der Waals surface area contributed by atoms with Crippen molar-refractivity contribution in [3.8, 4) is 0 Å². The highest BCUT2D eigenvalue weighted by molar-refractivity contribution is 7.92. The molecule has 0 radical (unpaired) electrons. The van der Waals surface area contributed by atoms with E-state index in [4.69, 9.17) is 0 Å². The van der Waals surface area contributed by atoms with Gasteiger partial charge in [-0.15, -0.1) is 0 Å². The smallest absolute Gasteiger partial charge is 0.265 e. The summed E-state index contributed by atoms with van der Waals surface area (Å²) in [6.07, 6.45) is 1.93. The standard InChI is InChI=1S/C16H20N4O3S/c1-10-15(11(2)20(3)18-10)24(22,23)19-14-7-5-4-6-13(14)16(21)17-12-8-9-12/h4-7,12,19H,8-9H2,1-3H3,(H,17,21). The molecule has 0 atom stereocenters. The molecule has 0 bridgehead atoms. The first-order valence-electron chi connectivity index (χ1n) is 7.72. The first-order chi connectivity index (χ1) is 11.3. The second-order valence-electron chi connectivity index (χ2n) is 6.02. The highest BCUT2D eigenvalue weighted by Crippen LogP contribution is 2.25. The highest BCUT2D eigenvalue weighted by Gasteiger charge is 2.27. The van der Waals surface area contributed by atoms with Crippen LogP contribution in [-0.2, 0) is 17.1 Å². The predicted molar refractivity (Wildman–Crippen MR) is 90.4 cm³/mol. The molecule has 1 aliphatic carbocycles. The molecule has 8 heteroatoms. The molecule has 3 rings (SSSR count). The lowest BCUT2D eigenvalue weighted by Crippen LogP contribution is -2.27. The van der Waals surface area contributed by atoms with Crippen molar-refractivity contribution in [1.82, 2.24) is 15.1 Å². The molecule has 0 aliphatic heterocycles. The van der Waals surface area contributed by atoms with E-state index in [1.807, 2.05) is 0 Å². The maximum Gasteiger partial charge on any atom is 0.265 e. The maximum atomic E-state index is 12.8. The van der Waals surface area contributed by atoms with Gasteiger partial charge in [-0.1, -0.05) is 12.1 Å². The fourth-order valence-corrected chi connectivity index (χ4v) is 4.12. The summed E-state index contributed by atoms with van der Waals surface area (Å²) in [5.41, 5.74) is 1.54. The van der Waals surface area contributed by atoms with Crippen LogP contribution in [0.3, 0.4) is 0 Å². The fourth-order valence-electron chi connectivity index (χ4n) is 2.60. The van der Waals surface area contributed by atoms with Gasteiger partial charge < -0.3 is 5.32 Å². The number of hydrogen-bond acceptors (Lipinski definition) is 4. The third-order valence-corrected chi connectivity index (χ3v) is 5.66. The molecule has 1 aromatic heterocycles. The zero-order valence-electron chi connectivity index (χ0n) is 13.8. The van der Waals surface area contributed by atoms with E-state index in [-0.39, 0.29) is 22.5 Å². The van der Waals surface area contributed by atoms with Gasteiger partial charge in [-0.3, -0.25) is 14.2 Å². The largest absolute Gasteiger partial charge is 0.349 e. The first kappa shape index (κ1) is 16.5. The molecular weight excluding hydrogens is 328 g/mol. The van der Waals surface area contributed by atoms with E-state index in [0.717, 1.165) is 12.8 Å². The fraction of sp³-hybridized carbons (Fsp3) is 0.375. The van der Waals surface area contributed by atoms with Gasteiger partial charge in [0.05, 0.1) is 22.6 Å². The molecule has 128 valence electrons. The van der Waals surface area contributed by atoms with E-state index >= 15 is 0 Å². The third kappa shape index (κ3) is 3.14. The van der Waals surface area contributed by atoms with Crippen molar-refractivity contribution in [3.63, 3.8) is 0 Å². The van der Waals surface area contributed by atoms with Crippen LogP contribution in [0.5, 0.6) is 0 Å². The Morgan fingerprint density at radius 1 is 1.25 bits per heavy atom. The van der Waals surface area contributed by atoms with Gasteiger partial charge in [-0.25, -0.2) is 8.42 Å². The van der Waals surface area contributed by atoms with Crippen molar-refractivity contribution in [3.05, 3.63) is 41.2 Å². The van der Waals surface area contributed by atoms with Gasteiger partial charge in [0.1, 0.15) is 4.90 Å². The molecule has 1 saturated carbocycles. The maximum absolute atomic E-state index is 12.8. The van der Waals surface area contributed by atoms with Crippen molar-refractivity contribution in [2.75, 3.05) is 4.72 Å². The van der Waals surface area contributed by atoms with Crippen LogP contribution in [0.2, 0.25) is 0 Å². The Kier molecular flexibility index (Phi) is 4.08. The van der Waals surface area contributed by atoms with Gasteiger partial charge in [0.25, 0.3) is 15.9 Å². The van der Waals surface area contributed by atoms with Crippen LogP contribution in [0, 0.1) is 13.8 Å². The number of rotatable bonds is 5. The van der Waals surface area contributed by atoms with Gasteiger partial charge in [0.15, 0.2) is 0 Å². The quantitative estimate of drug-likeness (QED) is 0.860. The Morgan fingerprint density at radius 2 is 1.92 bits per heavy atom. The van der Waals surface area contributed by atoms with Crippen molar-refractivity contribution in [2.24, 2.45) is 7.05 Å². The Bertz CT molecular complexity index is 898. The van der Waals surface area contributed by atoms with Crippen LogP contribution < -0.4 is 10.0 Å². The minimum Gasteiger partial charge on any atom is -0.349 e. The summed E-state index contributed by atoms with van der Waals surface area (Å²) >= 11 is 0. The molecular formula is C16H20N4O3S. The molecule has 2 aromatic rings. The second kappa shape index (κ2) is 5.94. The zero-order chi connectivity index (χ0) is 17.5. The Balaban J connectivity index is 1.94. The monoisotopic (exact) mass is 348 g/mol. The molecule has 0 spiro atoms. The predicted octanol–water partition coefficient (Wildman–Crippen LogP) is 1.73. The van der Waals surface area contributed by atoms with Gasteiger partial charge in [0.2, 0.25) is 0 Å². The van der Waals surface area contributed by atoms with E-state index in [9.17, 15) is 13.2 Å². The van der Waals surface area contributed by atoms with Crippen LogP contribution in [0.1, 0.15) is 34.6 Å². The van der Waals surface area contributed by atoms with Crippen molar-refractivity contribution >= 4 is 21.6 Å². The zero-order valence-corrected chi connectivity index (χ0v) is 14.6. The summed E-state index contributed by atoms with van der Waals surface area (Å²) in [6, 6.07) is 6.79. The molecule has 0 unspecified atom stereocenters. The number of nitrogens with one attached hydrogen (secondary N) is 2. The molecule has 2 N–H and O–H groups in total. The molecule has 1 amide bonds. The Morgan fingerprint density at radius 3 is 2.50 bits per heavy atom. The average molecular weight is 348 g/mol. The number of aromatic nitrogens is 2. The Hall–Kier alpha value is -2.35. The second-order valence-corrected chi connectivity index (χ2v) is 7.64. The summed E-state index contributed by atoms with van der Waals surface area (Å²) in [5.74, 6) is -0.268. The number of sulfonamides is 1. The van der Waals surface area contributed by atoms with Crippen LogP contribution in [0.4, 0.5) is 5.69 Å². The van der Waals surface area contributed by atoms with E-state index < -0.39 is 10.0 Å². The number of hydrogen-bond donors (Lipinski definition) is 2. The molecule has 24 heavy (non-hydrogen) atoms. The van der Waals surface area contributed by atoms with Crippen molar-refractivity contribution < 1.29 is 13.2 Å². The lowest BCUT2D eigenvalue weighted by molar-refractivity contribution is 0.0952. The molecule has 1 aliphatic rings. The van der Waals surface area contributed by atoms with E-state index in [0.29, 0.717) is 17.0 Å². The summed E-state index contributed by atoms with van der Waals surface area (Å²) in [7, 11) is -2.14. The summed E-state index contributed by atoms with van der Waals surface area (Å²) < 4.78 is 29.6. The van der Waals surface area contributed by atoms with Crippen LogP contribution in [0.15, 0.2) is 29.2 Å². The lowest BCUT2D eigenvalue weighted by atomic mass is 10.1. The number of para-hydroxylation sites is 1. The number of amides is 1. The van der Waals surface area contributed by atoms with Crippen LogP contribution >= 0.6 is 0 Å².